The Balaban J connectivity index is 1.85. The summed E-state index contributed by atoms with van der Waals surface area (Å²) in [7, 11) is 0. The predicted octanol–water partition coefficient (Wildman–Crippen LogP) is 2.86. The number of benzene rings is 2. The number of carboxylic acid groups (broad SMARTS) is 1. The number of nitrogens with zero attached hydrogens (tertiary/aromatic N) is 1. The monoisotopic (exact) mass is 392 g/mol. The lowest BCUT2D eigenvalue weighted by Crippen LogP contribution is -2.53. The molecule has 6 nitrogen and oxygen atoms in total. The van der Waals surface area contributed by atoms with Crippen LogP contribution in [0.15, 0.2) is 66.8 Å². The number of hydrogen-bond acceptors (Lipinski definition) is 4. The molecule has 0 atom stereocenters. The molecule has 1 aliphatic rings. The van der Waals surface area contributed by atoms with Gasteiger partial charge in [-0.3, -0.25) is 19.8 Å². The third kappa shape index (κ3) is 3.89. The van der Waals surface area contributed by atoms with Gasteiger partial charge in [0.05, 0.1) is 5.56 Å². The highest BCUT2D eigenvalue weighted by atomic mass is 32.1. The second-order valence-corrected chi connectivity index (χ2v) is 6.41. The Bertz CT molecular complexity index is 1010. The average molecular weight is 392 g/mol. The highest BCUT2D eigenvalue weighted by Crippen LogP contribution is 2.22. The Kier molecular flexibility index (Phi) is 5.47. The Morgan fingerprint density at radius 3 is 2.18 bits per heavy atom. The second-order valence-electron chi connectivity index (χ2n) is 6.03. The van der Waals surface area contributed by atoms with Gasteiger partial charge in [-0.2, -0.15) is 0 Å². The summed E-state index contributed by atoms with van der Waals surface area (Å²) in [6.07, 6.45) is 3.04. The number of aromatic carboxylic acids is 1. The molecule has 0 saturated carbocycles. The third-order valence-electron chi connectivity index (χ3n) is 4.18. The lowest BCUT2D eigenvalue weighted by Gasteiger charge is -2.27. The van der Waals surface area contributed by atoms with Crippen LogP contribution in [0, 0.1) is 0 Å². The van der Waals surface area contributed by atoms with Crippen LogP contribution in [0.5, 0.6) is 0 Å². The molecule has 28 heavy (non-hydrogen) atoms. The van der Waals surface area contributed by atoms with E-state index in [0.29, 0.717) is 5.56 Å². The molecule has 0 spiro atoms. The van der Waals surface area contributed by atoms with Gasteiger partial charge in [-0.1, -0.05) is 42.5 Å². The van der Waals surface area contributed by atoms with Crippen molar-refractivity contribution in [1.29, 1.82) is 0 Å². The van der Waals surface area contributed by atoms with Gasteiger partial charge in [0, 0.05) is 6.54 Å². The molecule has 1 aliphatic heterocycles. The minimum absolute atomic E-state index is 0.00555. The maximum atomic E-state index is 12.5. The van der Waals surface area contributed by atoms with E-state index in [1.165, 1.54) is 29.2 Å². The van der Waals surface area contributed by atoms with Crippen molar-refractivity contribution in [3.63, 3.8) is 0 Å². The summed E-state index contributed by atoms with van der Waals surface area (Å²) in [6, 6.07) is 13.7. The average Bonchev–Trinajstić information content (AvgIpc) is 2.69. The van der Waals surface area contributed by atoms with Crippen molar-refractivity contribution in [3.05, 3.63) is 77.9 Å². The zero-order chi connectivity index (χ0) is 20.3. The van der Waals surface area contributed by atoms with Crippen LogP contribution < -0.4 is 5.32 Å². The van der Waals surface area contributed by atoms with Gasteiger partial charge >= 0.3 is 5.97 Å². The normalized spacial score (nSPS) is 15.5. The number of thiocarbonyl (C=S) groups is 1. The van der Waals surface area contributed by atoms with E-state index in [-0.39, 0.29) is 22.8 Å². The van der Waals surface area contributed by atoms with Gasteiger partial charge in [-0.25, -0.2) is 4.79 Å². The zero-order valence-electron chi connectivity index (χ0n) is 14.7. The second kappa shape index (κ2) is 7.98. The quantitative estimate of drug-likeness (QED) is 0.354. The van der Waals surface area contributed by atoms with Gasteiger partial charge in [0.15, 0.2) is 5.11 Å². The van der Waals surface area contributed by atoms with Gasteiger partial charge < -0.3 is 5.11 Å². The van der Waals surface area contributed by atoms with Gasteiger partial charge in [-0.05, 0) is 47.1 Å². The van der Waals surface area contributed by atoms with Crippen LogP contribution in [0.4, 0.5) is 0 Å². The molecule has 2 aromatic carbocycles. The molecule has 1 heterocycles. The smallest absolute Gasteiger partial charge is 0.335 e. The van der Waals surface area contributed by atoms with E-state index in [9.17, 15) is 14.4 Å². The molecule has 2 N–H and O–H groups in total. The molecule has 3 rings (SSSR count). The first-order valence-corrected chi connectivity index (χ1v) is 8.75. The van der Waals surface area contributed by atoms with E-state index >= 15 is 0 Å². The van der Waals surface area contributed by atoms with Crippen LogP contribution in [0.1, 0.15) is 15.9 Å². The van der Waals surface area contributed by atoms with Gasteiger partial charge in [0.1, 0.15) is 5.57 Å². The fraction of sp³-hybridized carbons (Fsp3) is 0.0476. The Hall–Kier alpha value is -3.58. The minimum atomic E-state index is -0.978. The highest BCUT2D eigenvalue weighted by molar-refractivity contribution is 7.80. The summed E-state index contributed by atoms with van der Waals surface area (Å²) in [4.78, 5) is 36.9. The number of nitrogens with one attached hydrogen (secondary N) is 1. The van der Waals surface area contributed by atoms with Crippen LogP contribution in [-0.4, -0.2) is 39.4 Å². The molecular weight excluding hydrogens is 376 g/mol. The predicted molar refractivity (Wildman–Crippen MR) is 109 cm³/mol. The van der Waals surface area contributed by atoms with Crippen LogP contribution in [0.3, 0.4) is 0 Å². The van der Waals surface area contributed by atoms with E-state index in [4.69, 9.17) is 17.3 Å². The molecule has 0 unspecified atom stereocenters. The maximum absolute atomic E-state index is 12.5. The molecule has 2 amide bonds. The lowest BCUT2D eigenvalue weighted by atomic mass is 10.0. The molecule has 140 valence electrons. The molecule has 0 bridgehead atoms. The Morgan fingerprint density at radius 1 is 1.07 bits per heavy atom. The standard InChI is InChI=1S/C21H16N2O4S/c1-2-11-23-19(25)17(18(24)22-21(23)28)12-13-3-5-14(6-4-13)15-7-9-16(10-8-15)20(26)27/h2-10,12H,1,11H2,(H,26,27)(H,22,24,28)/b17-12+. The first kappa shape index (κ1) is 19.2. The Labute approximate surface area is 166 Å². The number of carboxylic acids is 1. The van der Waals surface area contributed by atoms with Gasteiger partial charge in [-0.15, -0.1) is 6.58 Å². The van der Waals surface area contributed by atoms with Crippen LogP contribution in [0.2, 0.25) is 0 Å². The van der Waals surface area contributed by atoms with E-state index in [2.05, 4.69) is 11.9 Å². The fourth-order valence-corrected chi connectivity index (χ4v) is 2.98. The molecule has 1 saturated heterocycles. The topological polar surface area (TPSA) is 86.7 Å². The van der Waals surface area contributed by atoms with Gasteiger partial charge in [0.25, 0.3) is 11.8 Å². The number of carbonyl (C=O) groups is 3. The number of rotatable bonds is 5. The van der Waals surface area contributed by atoms with Crippen molar-refractivity contribution < 1.29 is 19.5 Å². The largest absolute Gasteiger partial charge is 0.478 e. The number of amides is 2. The fourth-order valence-electron chi connectivity index (χ4n) is 2.73. The first-order valence-electron chi connectivity index (χ1n) is 8.34. The highest BCUT2D eigenvalue weighted by Gasteiger charge is 2.32. The first-order chi connectivity index (χ1) is 13.4. The SMILES string of the molecule is C=CCN1C(=O)/C(=C/c2ccc(-c3ccc(C(=O)O)cc3)cc2)C(=O)NC1=S. The molecule has 0 aliphatic carbocycles. The molecule has 1 fully saturated rings. The summed E-state index contributed by atoms with van der Waals surface area (Å²) < 4.78 is 0. The van der Waals surface area contributed by atoms with Gasteiger partial charge in [0.2, 0.25) is 0 Å². The summed E-state index contributed by atoms with van der Waals surface area (Å²) in [6.45, 7) is 3.80. The summed E-state index contributed by atoms with van der Waals surface area (Å²) in [5.74, 6) is -1.99. The summed E-state index contributed by atoms with van der Waals surface area (Å²) in [5, 5.41) is 11.5. The van der Waals surface area contributed by atoms with Crippen molar-refractivity contribution in [1.82, 2.24) is 10.2 Å². The molecule has 7 heteroatoms. The molecular formula is C21H16N2O4S. The number of carbonyl (C=O) groups excluding carboxylic acids is 2. The third-order valence-corrected chi connectivity index (χ3v) is 4.51. The van der Waals surface area contributed by atoms with E-state index < -0.39 is 17.8 Å². The van der Waals surface area contributed by atoms with Crippen LogP contribution >= 0.6 is 12.2 Å². The molecule has 0 radical (unpaired) electrons. The van der Waals surface area contributed by atoms with E-state index in [1.54, 1.807) is 24.3 Å². The summed E-state index contributed by atoms with van der Waals surface area (Å²) >= 11 is 5.02. The maximum Gasteiger partial charge on any atom is 0.335 e. The van der Waals surface area contributed by atoms with Crippen molar-refractivity contribution in [2.75, 3.05) is 6.54 Å². The zero-order valence-corrected chi connectivity index (χ0v) is 15.5. The molecule has 2 aromatic rings. The van der Waals surface area contributed by atoms with Crippen molar-refractivity contribution in [2.24, 2.45) is 0 Å². The van der Waals surface area contributed by atoms with E-state index in [1.807, 2.05) is 12.1 Å². The summed E-state index contributed by atoms with van der Waals surface area (Å²) in [5.41, 5.74) is 2.63. The molecule has 0 aromatic heterocycles. The lowest BCUT2D eigenvalue weighted by molar-refractivity contribution is -0.128. The van der Waals surface area contributed by atoms with Crippen LogP contribution in [0.25, 0.3) is 17.2 Å². The number of hydrogen-bond donors (Lipinski definition) is 2. The van der Waals surface area contributed by atoms with E-state index in [0.717, 1.165) is 11.1 Å². The minimum Gasteiger partial charge on any atom is -0.478 e. The van der Waals surface area contributed by atoms with Crippen molar-refractivity contribution in [3.8, 4) is 11.1 Å². The Morgan fingerprint density at radius 2 is 1.64 bits per heavy atom. The van der Waals surface area contributed by atoms with Crippen LogP contribution in [-0.2, 0) is 9.59 Å². The van der Waals surface area contributed by atoms with Crippen molar-refractivity contribution >= 4 is 41.2 Å². The van der Waals surface area contributed by atoms with Crippen molar-refractivity contribution in [2.45, 2.75) is 0 Å².